The van der Waals surface area contributed by atoms with Crippen molar-refractivity contribution in [2.75, 3.05) is 0 Å². The Morgan fingerprint density at radius 1 is 1.53 bits per heavy atom. The van der Waals surface area contributed by atoms with E-state index < -0.39 is 5.91 Å². The lowest BCUT2D eigenvalue weighted by Gasteiger charge is -2.06. The molecule has 98 valence electrons. The molecule has 1 aromatic heterocycles. The lowest BCUT2D eigenvalue weighted by atomic mass is 10.1. The van der Waals surface area contributed by atoms with Crippen LogP contribution in [0.2, 0.25) is 0 Å². The van der Waals surface area contributed by atoms with E-state index in [4.69, 9.17) is 5.73 Å². The van der Waals surface area contributed by atoms with Gasteiger partial charge in [-0.2, -0.15) is 0 Å². The molecule has 0 spiro atoms. The van der Waals surface area contributed by atoms with Gasteiger partial charge in [0.2, 0.25) is 0 Å². The van der Waals surface area contributed by atoms with Crippen LogP contribution in [-0.4, -0.2) is 22.1 Å². The van der Waals surface area contributed by atoms with Gasteiger partial charge in [0.1, 0.15) is 11.5 Å². The van der Waals surface area contributed by atoms with Gasteiger partial charge in [0, 0.05) is 29.6 Å². The highest BCUT2D eigenvalue weighted by Gasteiger charge is 2.26. The maximum absolute atomic E-state index is 10.8. The molecule has 0 unspecified atom stereocenters. The number of aromatic nitrogens is 2. The van der Waals surface area contributed by atoms with Crippen molar-refractivity contribution in [3.8, 4) is 0 Å². The van der Waals surface area contributed by atoms with Gasteiger partial charge in [-0.1, -0.05) is 13.2 Å². The molecule has 1 aromatic rings. The zero-order valence-corrected chi connectivity index (χ0v) is 10.9. The van der Waals surface area contributed by atoms with Crippen LogP contribution in [0.15, 0.2) is 30.0 Å². The first kappa shape index (κ1) is 13.1. The summed E-state index contributed by atoms with van der Waals surface area (Å²) in [5.41, 5.74) is 7.34. The number of aliphatic imine (C=N–C) groups is 1. The van der Waals surface area contributed by atoms with E-state index in [9.17, 15) is 4.79 Å². The Kier molecular flexibility index (Phi) is 3.55. The molecule has 0 aliphatic heterocycles. The molecule has 0 aromatic carbocycles. The lowest BCUT2D eigenvalue weighted by Crippen LogP contribution is -2.11. The number of hydrogen-bond acceptors (Lipinski definition) is 4. The number of nitrogens with two attached hydrogens (primary N) is 1. The second kappa shape index (κ2) is 5.14. The molecule has 0 saturated heterocycles. The second-order valence-electron chi connectivity index (χ2n) is 4.60. The molecular formula is C14H16N4O. The van der Waals surface area contributed by atoms with Gasteiger partial charge in [0.05, 0.1) is 0 Å². The fourth-order valence-corrected chi connectivity index (χ4v) is 1.63. The fourth-order valence-electron chi connectivity index (χ4n) is 1.63. The molecule has 0 atom stereocenters. The Balaban J connectivity index is 2.15. The topological polar surface area (TPSA) is 81.2 Å². The molecule has 1 saturated carbocycles. The summed E-state index contributed by atoms with van der Waals surface area (Å²) in [5, 5.41) is 0. The summed E-state index contributed by atoms with van der Waals surface area (Å²) < 4.78 is 0. The van der Waals surface area contributed by atoms with E-state index in [0.717, 1.165) is 17.1 Å². The summed E-state index contributed by atoms with van der Waals surface area (Å²) in [6.45, 7) is 9.24. The predicted molar refractivity (Wildman–Crippen MR) is 74.6 cm³/mol. The van der Waals surface area contributed by atoms with Gasteiger partial charge in [-0.15, -0.1) is 0 Å². The summed E-state index contributed by atoms with van der Waals surface area (Å²) in [6, 6.07) is 0. The van der Waals surface area contributed by atoms with E-state index in [1.165, 1.54) is 19.1 Å². The maximum Gasteiger partial charge on any atom is 0.266 e. The van der Waals surface area contributed by atoms with E-state index in [-0.39, 0.29) is 5.70 Å². The quantitative estimate of drug-likeness (QED) is 0.643. The third-order valence-corrected chi connectivity index (χ3v) is 2.95. The maximum atomic E-state index is 10.8. The van der Waals surface area contributed by atoms with E-state index in [1.54, 1.807) is 6.20 Å². The third kappa shape index (κ3) is 3.13. The van der Waals surface area contributed by atoms with Crippen LogP contribution in [0.1, 0.15) is 35.8 Å². The van der Waals surface area contributed by atoms with Crippen molar-refractivity contribution in [3.63, 3.8) is 0 Å². The van der Waals surface area contributed by atoms with Gasteiger partial charge >= 0.3 is 0 Å². The van der Waals surface area contributed by atoms with Crippen LogP contribution >= 0.6 is 0 Å². The highest BCUT2D eigenvalue weighted by Crippen LogP contribution is 2.38. The molecule has 1 heterocycles. The summed E-state index contributed by atoms with van der Waals surface area (Å²) in [4.78, 5) is 23.5. The minimum Gasteiger partial charge on any atom is -0.364 e. The molecule has 19 heavy (non-hydrogen) atoms. The lowest BCUT2D eigenvalue weighted by molar-refractivity contribution is -0.114. The molecule has 2 rings (SSSR count). The number of carbonyl (C=O) groups is 1. The number of amides is 1. The van der Waals surface area contributed by atoms with Crippen LogP contribution < -0.4 is 5.73 Å². The number of hydrogen-bond donors (Lipinski definition) is 1. The summed E-state index contributed by atoms with van der Waals surface area (Å²) in [5.74, 6) is 0.762. The fraction of sp³-hybridized carbons (Fsp3) is 0.286. The average Bonchev–Trinajstić information content (AvgIpc) is 3.19. The first-order chi connectivity index (χ1) is 8.99. The number of carbonyl (C=O) groups excluding carboxylic acids is 1. The Labute approximate surface area is 112 Å². The van der Waals surface area contributed by atoms with Crippen LogP contribution in [-0.2, 0) is 4.79 Å². The second-order valence-corrected chi connectivity index (χ2v) is 4.60. The monoisotopic (exact) mass is 256 g/mol. The van der Waals surface area contributed by atoms with Crippen LogP contribution in [0, 0.1) is 6.92 Å². The predicted octanol–water partition coefficient (Wildman–Crippen LogP) is 1.75. The third-order valence-electron chi connectivity index (χ3n) is 2.95. The molecule has 1 aliphatic carbocycles. The molecule has 5 heteroatoms. The average molecular weight is 256 g/mol. The van der Waals surface area contributed by atoms with Crippen molar-refractivity contribution in [2.24, 2.45) is 10.7 Å². The minimum atomic E-state index is -0.652. The zero-order valence-electron chi connectivity index (χ0n) is 10.9. The molecule has 1 fully saturated rings. The summed E-state index contributed by atoms with van der Waals surface area (Å²) >= 11 is 0. The largest absolute Gasteiger partial charge is 0.364 e. The number of primary amides is 1. The van der Waals surface area contributed by atoms with Gasteiger partial charge in [-0.05, 0) is 25.3 Å². The Bertz CT molecular complexity index is 585. The van der Waals surface area contributed by atoms with Crippen LogP contribution in [0.3, 0.4) is 0 Å². The van der Waals surface area contributed by atoms with Gasteiger partial charge in [0.25, 0.3) is 5.91 Å². The molecule has 0 radical (unpaired) electrons. The number of allylic oxidation sites excluding steroid dienone is 1. The Morgan fingerprint density at radius 2 is 2.21 bits per heavy atom. The molecule has 1 aliphatic rings. The van der Waals surface area contributed by atoms with Crippen LogP contribution in [0.25, 0.3) is 5.57 Å². The SMILES string of the molecule is C=C(N=CC(=C)c1cnc(C2CC2)nc1C)C(N)=O. The van der Waals surface area contributed by atoms with Crippen molar-refractivity contribution < 1.29 is 4.79 Å². The highest BCUT2D eigenvalue weighted by atomic mass is 16.1. The van der Waals surface area contributed by atoms with Gasteiger partial charge in [-0.3, -0.25) is 9.79 Å². The first-order valence-corrected chi connectivity index (χ1v) is 6.04. The Hall–Kier alpha value is -2.30. The van der Waals surface area contributed by atoms with Crippen LogP contribution in [0.4, 0.5) is 0 Å². The van der Waals surface area contributed by atoms with E-state index >= 15 is 0 Å². The van der Waals surface area contributed by atoms with Gasteiger partial charge in [0.15, 0.2) is 0 Å². The molecule has 0 bridgehead atoms. The van der Waals surface area contributed by atoms with E-state index in [0.29, 0.717) is 11.5 Å². The van der Waals surface area contributed by atoms with Crippen molar-refractivity contribution in [1.82, 2.24) is 9.97 Å². The number of rotatable bonds is 5. The summed E-state index contributed by atoms with van der Waals surface area (Å²) in [6.07, 6.45) is 5.53. The van der Waals surface area contributed by atoms with Crippen molar-refractivity contribution in [2.45, 2.75) is 25.7 Å². The molecule has 1 amide bonds. The normalized spacial score (nSPS) is 14.6. The molecule has 5 nitrogen and oxygen atoms in total. The summed E-state index contributed by atoms with van der Waals surface area (Å²) in [7, 11) is 0. The van der Waals surface area contributed by atoms with E-state index in [1.807, 2.05) is 6.92 Å². The number of aryl methyl sites for hydroxylation is 1. The van der Waals surface area contributed by atoms with Crippen LogP contribution in [0.5, 0.6) is 0 Å². The molecular weight excluding hydrogens is 240 g/mol. The first-order valence-electron chi connectivity index (χ1n) is 6.04. The number of nitrogens with zero attached hydrogens (tertiary/aromatic N) is 3. The smallest absolute Gasteiger partial charge is 0.266 e. The van der Waals surface area contributed by atoms with Crippen molar-refractivity contribution in [1.29, 1.82) is 0 Å². The standard InChI is InChI=1S/C14H16N4O/c1-8(6-16-10(3)13(15)19)12-7-17-14(11-4-5-11)18-9(12)2/h6-7,11H,1,3-5H2,2H3,(H2,15,19). The van der Waals surface area contributed by atoms with Crippen molar-refractivity contribution in [3.05, 3.63) is 42.1 Å². The van der Waals surface area contributed by atoms with E-state index in [2.05, 4.69) is 28.1 Å². The van der Waals surface area contributed by atoms with Gasteiger partial charge in [-0.25, -0.2) is 9.97 Å². The van der Waals surface area contributed by atoms with Gasteiger partial charge < -0.3 is 5.73 Å². The van der Waals surface area contributed by atoms with Crippen molar-refractivity contribution >= 4 is 17.7 Å². The highest BCUT2D eigenvalue weighted by molar-refractivity contribution is 6.10. The molecule has 2 N–H and O–H groups in total. The zero-order chi connectivity index (χ0) is 14.0. The minimum absolute atomic E-state index is 0.00526. The Morgan fingerprint density at radius 3 is 2.74 bits per heavy atom.